The van der Waals surface area contributed by atoms with E-state index in [1.54, 1.807) is 35.0 Å². The van der Waals surface area contributed by atoms with Crippen molar-refractivity contribution in [3.8, 4) is 5.88 Å². The third-order valence-electron chi connectivity index (χ3n) is 3.58. The van der Waals surface area contributed by atoms with Crippen molar-refractivity contribution in [1.29, 1.82) is 0 Å². The molecule has 0 aromatic carbocycles. The highest BCUT2D eigenvalue weighted by molar-refractivity contribution is 7.98. The Bertz CT molecular complexity index is 529. The summed E-state index contributed by atoms with van der Waals surface area (Å²) in [6.07, 6.45) is 4.86. The summed E-state index contributed by atoms with van der Waals surface area (Å²) in [6.45, 7) is 2.56. The van der Waals surface area contributed by atoms with Gasteiger partial charge < -0.3 is 15.0 Å². The molecule has 126 valence electrons. The van der Waals surface area contributed by atoms with E-state index in [2.05, 4.69) is 15.5 Å². The summed E-state index contributed by atoms with van der Waals surface area (Å²) in [5.74, 6) is 1.06. The Morgan fingerprint density at radius 3 is 3.04 bits per heavy atom. The molecule has 2 heterocycles. The molecular formula is C15H22N4O3S. The maximum Gasteiger partial charge on any atom is 0.245 e. The highest BCUT2D eigenvalue weighted by Gasteiger charge is 2.32. The highest BCUT2D eigenvalue weighted by atomic mass is 32.2. The van der Waals surface area contributed by atoms with Crippen LogP contribution in [-0.2, 0) is 9.59 Å². The predicted molar refractivity (Wildman–Crippen MR) is 88.2 cm³/mol. The van der Waals surface area contributed by atoms with E-state index in [1.165, 1.54) is 6.92 Å². The molecule has 1 aromatic rings. The van der Waals surface area contributed by atoms with Gasteiger partial charge in [0.05, 0.1) is 6.54 Å². The number of likely N-dealkylation sites (tertiary alicyclic amines) is 1. The molecule has 0 unspecified atom stereocenters. The lowest BCUT2D eigenvalue weighted by Gasteiger charge is -2.23. The van der Waals surface area contributed by atoms with Crippen LogP contribution in [-0.4, -0.2) is 64.2 Å². The van der Waals surface area contributed by atoms with E-state index in [0.29, 0.717) is 25.4 Å². The van der Waals surface area contributed by atoms with Crippen LogP contribution < -0.4 is 10.1 Å². The van der Waals surface area contributed by atoms with Gasteiger partial charge in [0.2, 0.25) is 17.7 Å². The van der Waals surface area contributed by atoms with Crippen LogP contribution in [0.4, 0.5) is 0 Å². The molecule has 8 heteroatoms. The standard InChI is InChI=1S/C15H22N4O3S/c1-11(20)17-13(6-9-23-2)15(21)19-8-5-12(10-19)22-14-4-3-7-16-18-14/h3-4,7,12-13H,5-6,8-10H2,1-2H3,(H,17,20)/t12-,13+/m1/s1. The minimum absolute atomic E-state index is 0.0421. The van der Waals surface area contributed by atoms with Gasteiger partial charge in [-0.25, -0.2) is 0 Å². The van der Waals surface area contributed by atoms with Crippen LogP contribution in [0.3, 0.4) is 0 Å². The van der Waals surface area contributed by atoms with E-state index in [9.17, 15) is 9.59 Å². The number of carbonyl (C=O) groups is 2. The van der Waals surface area contributed by atoms with Gasteiger partial charge in [0.25, 0.3) is 0 Å². The number of hydrogen-bond acceptors (Lipinski definition) is 6. The van der Waals surface area contributed by atoms with E-state index in [1.807, 2.05) is 6.26 Å². The third-order valence-corrected chi connectivity index (χ3v) is 4.22. The van der Waals surface area contributed by atoms with E-state index in [4.69, 9.17) is 4.74 Å². The van der Waals surface area contributed by atoms with Gasteiger partial charge in [-0.1, -0.05) is 0 Å². The summed E-state index contributed by atoms with van der Waals surface area (Å²) in [4.78, 5) is 25.7. The molecule has 0 radical (unpaired) electrons. The van der Waals surface area contributed by atoms with Crippen molar-refractivity contribution in [2.45, 2.75) is 31.9 Å². The lowest BCUT2D eigenvalue weighted by atomic mass is 10.2. The molecule has 0 saturated carbocycles. The number of thioether (sulfide) groups is 1. The number of amides is 2. The highest BCUT2D eigenvalue weighted by Crippen LogP contribution is 2.17. The minimum Gasteiger partial charge on any atom is -0.471 e. The van der Waals surface area contributed by atoms with Crippen LogP contribution in [0.25, 0.3) is 0 Å². The molecule has 0 bridgehead atoms. The summed E-state index contributed by atoms with van der Waals surface area (Å²) in [5.41, 5.74) is 0. The average Bonchev–Trinajstić information content (AvgIpc) is 3.00. The van der Waals surface area contributed by atoms with Gasteiger partial charge in [0.15, 0.2) is 0 Å². The zero-order chi connectivity index (χ0) is 16.7. The van der Waals surface area contributed by atoms with Crippen LogP contribution in [0, 0.1) is 0 Å². The van der Waals surface area contributed by atoms with Gasteiger partial charge in [0, 0.05) is 32.2 Å². The minimum atomic E-state index is -0.463. The van der Waals surface area contributed by atoms with E-state index in [0.717, 1.165) is 12.2 Å². The topological polar surface area (TPSA) is 84.4 Å². The van der Waals surface area contributed by atoms with Crippen LogP contribution in [0.5, 0.6) is 5.88 Å². The first kappa shape index (κ1) is 17.5. The second-order valence-corrected chi connectivity index (χ2v) is 6.39. The molecule has 1 aliphatic rings. The number of nitrogens with zero attached hydrogens (tertiary/aromatic N) is 3. The molecule has 1 N–H and O–H groups in total. The van der Waals surface area contributed by atoms with E-state index in [-0.39, 0.29) is 17.9 Å². The Hall–Kier alpha value is -1.83. The molecule has 2 amide bonds. The lowest BCUT2D eigenvalue weighted by molar-refractivity contribution is -0.135. The molecule has 0 aliphatic carbocycles. The third kappa shape index (κ3) is 5.38. The fraction of sp³-hybridized carbons (Fsp3) is 0.600. The summed E-state index contributed by atoms with van der Waals surface area (Å²) in [7, 11) is 0. The zero-order valence-corrected chi connectivity index (χ0v) is 14.2. The van der Waals surface area contributed by atoms with E-state index < -0.39 is 6.04 Å². The normalized spacial score (nSPS) is 18.5. The van der Waals surface area contributed by atoms with Crippen LogP contribution >= 0.6 is 11.8 Å². The second kappa shape index (κ2) is 8.71. The SMILES string of the molecule is CSCC[C@H](NC(C)=O)C(=O)N1CC[C@@H](Oc2cccnn2)C1. The first-order chi connectivity index (χ1) is 11.1. The average molecular weight is 338 g/mol. The number of hydrogen-bond donors (Lipinski definition) is 1. The molecule has 1 aromatic heterocycles. The number of nitrogens with one attached hydrogen (secondary N) is 1. The second-order valence-electron chi connectivity index (χ2n) is 5.41. The Labute approximate surface area is 140 Å². The molecule has 7 nitrogen and oxygen atoms in total. The Morgan fingerprint density at radius 2 is 2.39 bits per heavy atom. The Kier molecular flexibility index (Phi) is 6.64. The molecule has 1 fully saturated rings. The Morgan fingerprint density at radius 1 is 1.57 bits per heavy atom. The monoisotopic (exact) mass is 338 g/mol. The molecule has 1 aliphatic heterocycles. The van der Waals surface area contributed by atoms with Crippen molar-refractivity contribution in [3.05, 3.63) is 18.3 Å². The van der Waals surface area contributed by atoms with Crippen molar-refractivity contribution in [1.82, 2.24) is 20.4 Å². The van der Waals surface area contributed by atoms with E-state index >= 15 is 0 Å². The number of aromatic nitrogens is 2. The quantitative estimate of drug-likeness (QED) is 0.788. The van der Waals surface area contributed by atoms with Gasteiger partial charge in [-0.3, -0.25) is 9.59 Å². The molecule has 1 saturated heterocycles. The molecule has 2 atom stereocenters. The first-order valence-electron chi connectivity index (χ1n) is 7.59. The van der Waals surface area contributed by atoms with Crippen molar-refractivity contribution in [2.75, 3.05) is 25.1 Å². The summed E-state index contributed by atoms with van der Waals surface area (Å²) < 4.78 is 5.74. The summed E-state index contributed by atoms with van der Waals surface area (Å²) in [6, 6.07) is 3.04. The fourth-order valence-electron chi connectivity index (χ4n) is 2.50. The maximum absolute atomic E-state index is 12.6. The van der Waals surface area contributed by atoms with Gasteiger partial charge in [0.1, 0.15) is 12.1 Å². The molecule has 23 heavy (non-hydrogen) atoms. The zero-order valence-electron chi connectivity index (χ0n) is 13.4. The number of rotatable bonds is 7. The van der Waals surface area contributed by atoms with Crippen molar-refractivity contribution in [2.24, 2.45) is 0 Å². The van der Waals surface area contributed by atoms with Crippen molar-refractivity contribution < 1.29 is 14.3 Å². The summed E-state index contributed by atoms with van der Waals surface area (Å²) in [5, 5.41) is 10.4. The van der Waals surface area contributed by atoms with Gasteiger partial charge in [-0.2, -0.15) is 16.9 Å². The van der Waals surface area contributed by atoms with Crippen LogP contribution in [0.15, 0.2) is 18.3 Å². The fourth-order valence-corrected chi connectivity index (χ4v) is 2.98. The molecule has 2 rings (SSSR count). The van der Waals surface area contributed by atoms with Gasteiger partial charge >= 0.3 is 0 Å². The largest absolute Gasteiger partial charge is 0.471 e. The van der Waals surface area contributed by atoms with Gasteiger partial charge in [-0.15, -0.1) is 5.10 Å². The van der Waals surface area contributed by atoms with Crippen molar-refractivity contribution >= 4 is 23.6 Å². The molecular weight excluding hydrogens is 316 g/mol. The van der Waals surface area contributed by atoms with Crippen LogP contribution in [0.2, 0.25) is 0 Å². The first-order valence-corrected chi connectivity index (χ1v) is 8.98. The van der Waals surface area contributed by atoms with Crippen molar-refractivity contribution in [3.63, 3.8) is 0 Å². The maximum atomic E-state index is 12.6. The van der Waals surface area contributed by atoms with Crippen LogP contribution in [0.1, 0.15) is 19.8 Å². The predicted octanol–water partition coefficient (Wildman–Crippen LogP) is 0.714. The lowest BCUT2D eigenvalue weighted by Crippen LogP contribution is -2.48. The summed E-state index contributed by atoms with van der Waals surface area (Å²) >= 11 is 1.66. The smallest absolute Gasteiger partial charge is 0.245 e. The molecule has 0 spiro atoms. The number of carbonyl (C=O) groups excluding carboxylic acids is 2. The Balaban J connectivity index is 1.90. The number of ether oxygens (including phenoxy) is 1. The van der Waals surface area contributed by atoms with Gasteiger partial charge in [-0.05, 0) is 24.5 Å².